The fraction of sp³-hybridized carbons (Fsp3) is 0.235. The Labute approximate surface area is 159 Å². The minimum Gasteiger partial charge on any atom is -0.309 e. The largest absolute Gasteiger partial charge is 0.309 e. The van der Waals surface area contributed by atoms with Crippen molar-refractivity contribution in [2.45, 2.75) is 20.0 Å². The normalized spacial score (nSPS) is 11.9. The highest BCUT2D eigenvalue weighted by molar-refractivity contribution is 6.30. The molecule has 0 saturated carbocycles. The van der Waals surface area contributed by atoms with Gasteiger partial charge in [-0.2, -0.15) is 10.2 Å². The van der Waals surface area contributed by atoms with Crippen LogP contribution in [0, 0.1) is 16.0 Å². The molecule has 3 rings (SSSR count). The van der Waals surface area contributed by atoms with Gasteiger partial charge in [0.25, 0.3) is 0 Å². The first-order valence-electron chi connectivity index (χ1n) is 8.16. The van der Waals surface area contributed by atoms with Gasteiger partial charge in [0.1, 0.15) is 12.4 Å². The fourth-order valence-electron chi connectivity index (χ4n) is 2.45. The zero-order valence-corrected chi connectivity index (χ0v) is 15.2. The molecule has 0 fully saturated rings. The average molecular weight is 389 g/mol. The van der Waals surface area contributed by atoms with Crippen molar-refractivity contribution < 1.29 is 9.72 Å². The van der Waals surface area contributed by atoms with Crippen molar-refractivity contribution in [1.82, 2.24) is 19.6 Å². The van der Waals surface area contributed by atoms with Gasteiger partial charge >= 0.3 is 5.69 Å². The maximum atomic E-state index is 12.3. The lowest BCUT2D eigenvalue weighted by atomic mass is 10.1. The second-order valence-electron chi connectivity index (χ2n) is 6.09. The van der Waals surface area contributed by atoms with E-state index in [4.69, 9.17) is 11.6 Å². The third-order valence-corrected chi connectivity index (χ3v) is 4.14. The summed E-state index contributed by atoms with van der Waals surface area (Å²) in [5.41, 5.74) is 0.928. The van der Waals surface area contributed by atoms with Gasteiger partial charge in [0, 0.05) is 17.3 Å². The molecule has 0 aliphatic rings. The molecule has 27 heavy (non-hydrogen) atoms. The van der Waals surface area contributed by atoms with Gasteiger partial charge in [0.15, 0.2) is 5.82 Å². The van der Waals surface area contributed by atoms with Crippen molar-refractivity contribution in [2.24, 2.45) is 5.92 Å². The van der Waals surface area contributed by atoms with E-state index in [0.717, 1.165) is 11.8 Å². The number of aromatic nitrogens is 4. The van der Waals surface area contributed by atoms with Gasteiger partial charge in [0.05, 0.1) is 23.9 Å². The zero-order valence-electron chi connectivity index (χ0n) is 14.4. The van der Waals surface area contributed by atoms with Gasteiger partial charge in [-0.3, -0.25) is 24.3 Å². The predicted molar refractivity (Wildman–Crippen MR) is 99.5 cm³/mol. The molecular weight excluding hydrogens is 372 g/mol. The summed E-state index contributed by atoms with van der Waals surface area (Å²) >= 11 is 5.87. The van der Waals surface area contributed by atoms with Crippen molar-refractivity contribution in [3.8, 4) is 0 Å². The number of halogens is 1. The van der Waals surface area contributed by atoms with Crippen LogP contribution in [0.25, 0.3) is 0 Å². The Hall–Kier alpha value is -3.20. The van der Waals surface area contributed by atoms with Gasteiger partial charge in [0.2, 0.25) is 5.91 Å². The SMILES string of the molecule is CC(Cn1cc([N+](=O)[O-])cn1)C(=O)Nc1ccn(Cc2ccc(Cl)cc2)n1. The first-order chi connectivity index (χ1) is 12.9. The Morgan fingerprint density at radius 2 is 2.04 bits per heavy atom. The van der Waals surface area contributed by atoms with Crippen LogP contribution in [0.4, 0.5) is 11.5 Å². The molecule has 0 aliphatic carbocycles. The van der Waals surface area contributed by atoms with Crippen molar-refractivity contribution in [1.29, 1.82) is 0 Å². The Morgan fingerprint density at radius 3 is 2.70 bits per heavy atom. The number of amides is 1. The second-order valence-corrected chi connectivity index (χ2v) is 6.53. The molecule has 0 aliphatic heterocycles. The van der Waals surface area contributed by atoms with E-state index in [1.54, 1.807) is 23.9 Å². The summed E-state index contributed by atoms with van der Waals surface area (Å²) in [5, 5.41) is 22.3. The second kappa shape index (κ2) is 8.00. The van der Waals surface area contributed by atoms with E-state index in [-0.39, 0.29) is 18.1 Å². The summed E-state index contributed by atoms with van der Waals surface area (Å²) in [6.45, 7) is 2.50. The highest BCUT2D eigenvalue weighted by Gasteiger charge is 2.17. The summed E-state index contributed by atoms with van der Waals surface area (Å²) in [5.74, 6) is -0.247. The van der Waals surface area contributed by atoms with E-state index in [1.165, 1.54) is 10.9 Å². The lowest BCUT2D eigenvalue weighted by Gasteiger charge is -2.10. The quantitative estimate of drug-likeness (QED) is 0.494. The number of nitro groups is 1. The van der Waals surface area contributed by atoms with Crippen LogP contribution in [0.15, 0.2) is 48.9 Å². The van der Waals surface area contributed by atoms with E-state index < -0.39 is 10.8 Å². The molecular formula is C17H17ClN6O3. The number of hydrogen-bond acceptors (Lipinski definition) is 5. The standard InChI is InChI=1S/C17H17ClN6O3/c1-12(9-23-11-15(8-19-23)24(26)27)17(25)20-16-6-7-22(21-16)10-13-2-4-14(18)5-3-13/h2-8,11-12H,9-10H2,1H3,(H,20,21,25). The summed E-state index contributed by atoms with van der Waals surface area (Å²) in [6.07, 6.45) is 4.22. The third kappa shape index (κ3) is 4.91. The summed E-state index contributed by atoms with van der Waals surface area (Å²) in [7, 11) is 0. The molecule has 0 bridgehead atoms. The molecule has 3 aromatic rings. The van der Waals surface area contributed by atoms with E-state index in [0.29, 0.717) is 17.4 Å². The highest BCUT2D eigenvalue weighted by Crippen LogP contribution is 2.13. The average Bonchev–Trinajstić information content (AvgIpc) is 3.26. The van der Waals surface area contributed by atoms with Gasteiger partial charge < -0.3 is 5.32 Å². The third-order valence-electron chi connectivity index (χ3n) is 3.89. The molecule has 0 saturated heterocycles. The lowest BCUT2D eigenvalue weighted by Crippen LogP contribution is -2.25. The van der Waals surface area contributed by atoms with E-state index >= 15 is 0 Å². The zero-order chi connectivity index (χ0) is 19.4. The van der Waals surface area contributed by atoms with Crippen molar-refractivity contribution >= 4 is 29.0 Å². The van der Waals surface area contributed by atoms with E-state index in [1.807, 2.05) is 24.3 Å². The summed E-state index contributed by atoms with van der Waals surface area (Å²) in [6, 6.07) is 9.15. The minimum atomic E-state index is -0.526. The van der Waals surface area contributed by atoms with E-state index in [2.05, 4.69) is 15.5 Å². The number of rotatable bonds is 7. The number of nitrogens with one attached hydrogen (secondary N) is 1. The molecule has 10 heteroatoms. The number of carbonyl (C=O) groups excluding carboxylic acids is 1. The van der Waals surface area contributed by atoms with Crippen LogP contribution in [0.1, 0.15) is 12.5 Å². The predicted octanol–water partition coefficient (Wildman–Crippen LogP) is 2.96. The molecule has 1 N–H and O–H groups in total. The molecule has 1 unspecified atom stereocenters. The van der Waals surface area contributed by atoms with Crippen LogP contribution in [-0.2, 0) is 17.9 Å². The Kier molecular flexibility index (Phi) is 5.51. The Balaban J connectivity index is 1.56. The Bertz CT molecular complexity index is 950. The molecule has 2 heterocycles. The molecule has 0 radical (unpaired) electrons. The van der Waals surface area contributed by atoms with Crippen LogP contribution in [0.3, 0.4) is 0 Å². The number of carbonyl (C=O) groups is 1. The van der Waals surface area contributed by atoms with Gasteiger partial charge in [-0.15, -0.1) is 0 Å². The van der Waals surface area contributed by atoms with Gasteiger partial charge in [-0.1, -0.05) is 30.7 Å². The van der Waals surface area contributed by atoms with Gasteiger partial charge in [-0.25, -0.2) is 0 Å². The number of hydrogen-bond donors (Lipinski definition) is 1. The lowest BCUT2D eigenvalue weighted by molar-refractivity contribution is -0.385. The molecule has 1 amide bonds. The number of benzene rings is 1. The van der Waals surface area contributed by atoms with Crippen LogP contribution < -0.4 is 5.32 Å². The van der Waals surface area contributed by atoms with Crippen molar-refractivity contribution in [3.63, 3.8) is 0 Å². The molecule has 9 nitrogen and oxygen atoms in total. The topological polar surface area (TPSA) is 108 Å². The number of nitrogens with zero attached hydrogens (tertiary/aromatic N) is 5. The van der Waals surface area contributed by atoms with Gasteiger partial charge in [-0.05, 0) is 17.7 Å². The highest BCUT2D eigenvalue weighted by atomic mass is 35.5. The maximum absolute atomic E-state index is 12.3. The smallest absolute Gasteiger partial charge is 0.306 e. The van der Waals surface area contributed by atoms with E-state index in [9.17, 15) is 14.9 Å². The Morgan fingerprint density at radius 1 is 1.30 bits per heavy atom. The first-order valence-corrected chi connectivity index (χ1v) is 8.54. The van der Waals surface area contributed by atoms with Crippen LogP contribution in [-0.4, -0.2) is 30.4 Å². The summed E-state index contributed by atoms with van der Waals surface area (Å²) in [4.78, 5) is 22.5. The molecule has 1 atom stereocenters. The van der Waals surface area contributed by atoms with Crippen molar-refractivity contribution in [2.75, 3.05) is 5.32 Å². The van der Waals surface area contributed by atoms with Crippen LogP contribution in [0.2, 0.25) is 5.02 Å². The van der Waals surface area contributed by atoms with Crippen molar-refractivity contribution in [3.05, 3.63) is 69.6 Å². The minimum absolute atomic E-state index is 0.108. The summed E-state index contributed by atoms with van der Waals surface area (Å²) < 4.78 is 3.09. The molecule has 0 spiro atoms. The number of anilines is 1. The molecule has 1 aromatic carbocycles. The first kappa shape index (κ1) is 18.6. The van der Waals surface area contributed by atoms with Crippen LogP contribution in [0.5, 0.6) is 0 Å². The van der Waals surface area contributed by atoms with Crippen LogP contribution >= 0.6 is 11.6 Å². The molecule has 140 valence electrons. The fourth-order valence-corrected chi connectivity index (χ4v) is 2.58. The maximum Gasteiger partial charge on any atom is 0.306 e. The monoisotopic (exact) mass is 388 g/mol. The molecule has 2 aromatic heterocycles.